The van der Waals surface area contributed by atoms with Crippen molar-refractivity contribution in [1.82, 2.24) is 5.32 Å². The van der Waals surface area contributed by atoms with Crippen LogP contribution in [-0.4, -0.2) is 18.5 Å². The highest BCUT2D eigenvalue weighted by atomic mass is 127. The Kier molecular flexibility index (Phi) is 5.69. The summed E-state index contributed by atoms with van der Waals surface area (Å²) < 4.78 is 0. The normalized spacial score (nSPS) is 25.5. The Morgan fingerprint density at radius 3 is 2.65 bits per heavy atom. The van der Waals surface area contributed by atoms with Crippen LogP contribution >= 0.6 is 24.0 Å². The molecule has 0 aromatic heterocycles. The summed E-state index contributed by atoms with van der Waals surface area (Å²) in [6.07, 6.45) is 6.39. The van der Waals surface area contributed by atoms with Crippen LogP contribution in [0.2, 0.25) is 0 Å². The molecule has 4 heteroatoms. The van der Waals surface area contributed by atoms with Crippen LogP contribution < -0.4 is 11.1 Å². The second-order valence-electron chi connectivity index (χ2n) is 5.96. The van der Waals surface area contributed by atoms with Crippen molar-refractivity contribution in [3.8, 4) is 0 Å². The fraction of sp³-hybridized carbons (Fsp3) is 0.562. The van der Waals surface area contributed by atoms with E-state index in [-0.39, 0.29) is 24.0 Å². The topological polar surface area (TPSA) is 50.4 Å². The molecule has 0 heterocycles. The molecule has 2 aliphatic carbocycles. The number of hydrogen-bond acceptors (Lipinski definition) is 1. The predicted octanol–water partition coefficient (Wildman–Crippen LogP) is 2.94. The summed E-state index contributed by atoms with van der Waals surface area (Å²) in [6.45, 7) is 0.912. The molecule has 0 bridgehead atoms. The lowest BCUT2D eigenvalue weighted by Gasteiger charge is -2.23. The molecule has 2 fully saturated rings. The standard InChI is InChI=1S/C16H23N3.HI/c17-16(18-11-13-7-4-8-13)19-15-10-14(15)9-12-5-2-1-3-6-12;/h1-3,5-6,13-15H,4,7-11H2,(H3,17,18,19);1H. The highest BCUT2D eigenvalue weighted by molar-refractivity contribution is 14.0. The second-order valence-corrected chi connectivity index (χ2v) is 5.96. The van der Waals surface area contributed by atoms with Crippen molar-refractivity contribution in [2.45, 2.75) is 38.1 Å². The number of guanidine groups is 1. The molecule has 3 rings (SSSR count). The van der Waals surface area contributed by atoms with E-state index in [0.717, 1.165) is 24.8 Å². The van der Waals surface area contributed by atoms with Crippen LogP contribution in [0, 0.1) is 11.8 Å². The van der Waals surface area contributed by atoms with Crippen LogP contribution in [0.15, 0.2) is 35.3 Å². The van der Waals surface area contributed by atoms with Gasteiger partial charge in [0, 0.05) is 12.6 Å². The monoisotopic (exact) mass is 385 g/mol. The van der Waals surface area contributed by atoms with E-state index in [0.29, 0.717) is 12.0 Å². The van der Waals surface area contributed by atoms with E-state index >= 15 is 0 Å². The smallest absolute Gasteiger partial charge is 0.188 e. The van der Waals surface area contributed by atoms with E-state index in [4.69, 9.17) is 5.73 Å². The van der Waals surface area contributed by atoms with E-state index in [1.54, 1.807) is 0 Å². The van der Waals surface area contributed by atoms with Gasteiger partial charge in [0.05, 0.1) is 0 Å². The molecule has 3 N–H and O–H groups in total. The van der Waals surface area contributed by atoms with Gasteiger partial charge >= 0.3 is 0 Å². The third-order valence-corrected chi connectivity index (χ3v) is 4.34. The minimum atomic E-state index is 0. The molecule has 2 saturated carbocycles. The van der Waals surface area contributed by atoms with Crippen LogP contribution in [0.25, 0.3) is 0 Å². The summed E-state index contributed by atoms with van der Waals surface area (Å²) >= 11 is 0. The van der Waals surface area contributed by atoms with Gasteiger partial charge < -0.3 is 11.1 Å². The van der Waals surface area contributed by atoms with Gasteiger partial charge in [0.15, 0.2) is 5.96 Å². The first kappa shape index (κ1) is 15.6. The number of nitrogens with one attached hydrogen (secondary N) is 1. The van der Waals surface area contributed by atoms with Gasteiger partial charge in [-0.1, -0.05) is 36.8 Å². The summed E-state index contributed by atoms with van der Waals surface area (Å²) in [4.78, 5) is 4.45. The molecule has 0 spiro atoms. The molecule has 0 saturated heterocycles. The number of hydrogen-bond donors (Lipinski definition) is 2. The molecular weight excluding hydrogens is 361 g/mol. The minimum Gasteiger partial charge on any atom is -0.370 e. The molecule has 1 aromatic carbocycles. The average molecular weight is 385 g/mol. The van der Waals surface area contributed by atoms with E-state index in [1.807, 2.05) is 0 Å². The highest BCUT2D eigenvalue weighted by Crippen LogP contribution is 2.33. The maximum absolute atomic E-state index is 5.94. The van der Waals surface area contributed by atoms with Gasteiger partial charge in [-0.3, -0.25) is 4.99 Å². The number of benzene rings is 1. The molecule has 0 aliphatic heterocycles. The van der Waals surface area contributed by atoms with Crippen molar-refractivity contribution in [3.63, 3.8) is 0 Å². The van der Waals surface area contributed by atoms with Gasteiger partial charge in [0.1, 0.15) is 0 Å². The van der Waals surface area contributed by atoms with Gasteiger partial charge in [-0.15, -0.1) is 24.0 Å². The molecule has 1 aromatic rings. The Balaban J connectivity index is 0.00000147. The van der Waals surface area contributed by atoms with Crippen LogP contribution in [0.3, 0.4) is 0 Å². The van der Waals surface area contributed by atoms with Crippen molar-refractivity contribution in [2.24, 2.45) is 22.6 Å². The third kappa shape index (κ3) is 4.36. The molecular formula is C16H24IN3. The SMILES string of the molecule is I.NC(=NCC1CCC1)NC1CC1Cc1ccccc1. The quantitative estimate of drug-likeness (QED) is 0.465. The number of aliphatic imine (C=N–C) groups is 1. The lowest BCUT2D eigenvalue weighted by molar-refractivity contribution is 0.326. The Labute approximate surface area is 138 Å². The van der Waals surface area contributed by atoms with Crippen molar-refractivity contribution >= 4 is 29.9 Å². The Hall–Kier alpha value is -0.780. The first-order valence-corrected chi connectivity index (χ1v) is 7.41. The van der Waals surface area contributed by atoms with Gasteiger partial charge in [0.25, 0.3) is 0 Å². The maximum Gasteiger partial charge on any atom is 0.188 e. The first-order valence-electron chi connectivity index (χ1n) is 7.41. The summed E-state index contributed by atoms with van der Waals surface area (Å²) in [5, 5.41) is 3.36. The summed E-state index contributed by atoms with van der Waals surface area (Å²) in [6, 6.07) is 11.2. The van der Waals surface area contributed by atoms with Crippen LogP contribution in [-0.2, 0) is 6.42 Å². The fourth-order valence-electron chi connectivity index (χ4n) is 2.71. The molecule has 2 unspecified atom stereocenters. The highest BCUT2D eigenvalue weighted by Gasteiger charge is 2.37. The van der Waals surface area contributed by atoms with Crippen LogP contribution in [0.4, 0.5) is 0 Å². The molecule has 0 amide bonds. The maximum atomic E-state index is 5.94. The van der Waals surface area contributed by atoms with Crippen molar-refractivity contribution < 1.29 is 0 Å². The zero-order valence-corrected chi connectivity index (χ0v) is 14.1. The fourth-order valence-corrected chi connectivity index (χ4v) is 2.71. The Bertz CT molecular complexity index is 442. The molecule has 20 heavy (non-hydrogen) atoms. The van der Waals surface area contributed by atoms with Gasteiger partial charge in [0.2, 0.25) is 0 Å². The van der Waals surface area contributed by atoms with Gasteiger partial charge in [-0.25, -0.2) is 0 Å². The van der Waals surface area contributed by atoms with Gasteiger partial charge in [-0.2, -0.15) is 0 Å². The molecule has 3 nitrogen and oxygen atoms in total. The first-order chi connectivity index (χ1) is 9.31. The number of rotatable bonds is 5. The van der Waals surface area contributed by atoms with E-state index in [9.17, 15) is 0 Å². The van der Waals surface area contributed by atoms with Crippen molar-refractivity contribution in [1.29, 1.82) is 0 Å². The number of nitrogens with two attached hydrogens (primary N) is 1. The van der Waals surface area contributed by atoms with E-state index < -0.39 is 0 Å². The molecule has 110 valence electrons. The third-order valence-electron chi connectivity index (χ3n) is 4.34. The largest absolute Gasteiger partial charge is 0.370 e. The van der Waals surface area contributed by atoms with Crippen molar-refractivity contribution in [2.75, 3.05) is 6.54 Å². The summed E-state index contributed by atoms with van der Waals surface area (Å²) in [5.74, 6) is 2.16. The average Bonchev–Trinajstić information content (AvgIpc) is 3.06. The zero-order chi connectivity index (χ0) is 13.1. The van der Waals surface area contributed by atoms with E-state index in [2.05, 4.69) is 40.6 Å². The van der Waals surface area contributed by atoms with E-state index in [1.165, 1.54) is 31.2 Å². The number of nitrogens with zero attached hydrogens (tertiary/aromatic N) is 1. The zero-order valence-electron chi connectivity index (χ0n) is 11.8. The minimum absolute atomic E-state index is 0. The molecule has 2 atom stereocenters. The number of halogens is 1. The lowest BCUT2D eigenvalue weighted by atomic mass is 9.86. The lowest BCUT2D eigenvalue weighted by Crippen LogP contribution is -2.35. The Morgan fingerprint density at radius 2 is 2.00 bits per heavy atom. The predicted molar refractivity (Wildman–Crippen MR) is 94.4 cm³/mol. The Morgan fingerprint density at radius 1 is 1.25 bits per heavy atom. The van der Waals surface area contributed by atoms with Gasteiger partial charge in [-0.05, 0) is 43.1 Å². The molecule has 2 aliphatic rings. The second kappa shape index (κ2) is 7.29. The summed E-state index contributed by atoms with van der Waals surface area (Å²) in [5.41, 5.74) is 7.35. The summed E-state index contributed by atoms with van der Waals surface area (Å²) in [7, 11) is 0. The molecule has 0 radical (unpaired) electrons. The van der Waals surface area contributed by atoms with Crippen LogP contribution in [0.1, 0.15) is 31.2 Å². The van der Waals surface area contributed by atoms with Crippen LogP contribution in [0.5, 0.6) is 0 Å². The van der Waals surface area contributed by atoms with Crippen molar-refractivity contribution in [3.05, 3.63) is 35.9 Å².